The molecule has 1 aromatic heterocycles. The SMILES string of the molecule is Cc1cc(CS(=O)(=O)NC2C3CNCC32)no1. The zero-order valence-corrected chi connectivity index (χ0v) is 10.3. The van der Waals surface area contributed by atoms with Gasteiger partial charge in [-0.05, 0) is 31.8 Å². The Kier molecular flexibility index (Phi) is 2.49. The molecule has 2 atom stereocenters. The highest BCUT2D eigenvalue weighted by atomic mass is 32.2. The van der Waals surface area contributed by atoms with E-state index in [1.54, 1.807) is 13.0 Å². The number of aryl methyl sites for hydroxylation is 1. The molecule has 1 aliphatic carbocycles. The van der Waals surface area contributed by atoms with Crippen molar-refractivity contribution in [3.05, 3.63) is 17.5 Å². The molecule has 0 bridgehead atoms. The average molecular weight is 257 g/mol. The van der Waals surface area contributed by atoms with E-state index in [9.17, 15) is 8.42 Å². The quantitative estimate of drug-likeness (QED) is 0.768. The summed E-state index contributed by atoms with van der Waals surface area (Å²) in [6, 6.07) is 1.77. The zero-order chi connectivity index (χ0) is 12.0. The second-order valence-corrected chi connectivity index (χ2v) is 6.57. The van der Waals surface area contributed by atoms with Crippen LogP contribution in [0, 0.1) is 18.8 Å². The maximum atomic E-state index is 11.9. The molecule has 0 spiro atoms. The molecular weight excluding hydrogens is 242 g/mol. The van der Waals surface area contributed by atoms with Crippen LogP contribution in [-0.4, -0.2) is 32.7 Å². The summed E-state index contributed by atoms with van der Waals surface area (Å²) in [5.41, 5.74) is 0.457. The van der Waals surface area contributed by atoms with Crippen LogP contribution in [0.25, 0.3) is 0 Å². The Bertz CT molecular complexity index is 515. The van der Waals surface area contributed by atoms with Crippen LogP contribution in [0.5, 0.6) is 0 Å². The van der Waals surface area contributed by atoms with Gasteiger partial charge >= 0.3 is 0 Å². The number of fused-ring (bicyclic) bond motifs is 1. The third-order valence-electron chi connectivity index (χ3n) is 3.42. The molecule has 0 radical (unpaired) electrons. The van der Waals surface area contributed by atoms with Gasteiger partial charge in [-0.2, -0.15) is 0 Å². The molecule has 0 amide bonds. The lowest BCUT2D eigenvalue weighted by Crippen LogP contribution is -2.33. The average Bonchev–Trinajstić information content (AvgIpc) is 2.69. The predicted molar refractivity (Wildman–Crippen MR) is 60.6 cm³/mol. The van der Waals surface area contributed by atoms with Gasteiger partial charge in [0.1, 0.15) is 17.2 Å². The van der Waals surface area contributed by atoms with Gasteiger partial charge in [0.2, 0.25) is 10.0 Å². The first-order chi connectivity index (χ1) is 8.05. The zero-order valence-electron chi connectivity index (χ0n) is 9.51. The Morgan fingerprint density at radius 3 is 2.82 bits per heavy atom. The molecule has 2 heterocycles. The van der Waals surface area contributed by atoms with Gasteiger partial charge in [0.05, 0.1) is 0 Å². The monoisotopic (exact) mass is 257 g/mol. The minimum Gasteiger partial charge on any atom is -0.361 e. The Balaban J connectivity index is 1.62. The van der Waals surface area contributed by atoms with E-state index in [-0.39, 0.29) is 11.8 Å². The molecule has 0 aromatic carbocycles. The number of piperidine rings is 1. The van der Waals surface area contributed by atoms with Gasteiger partial charge in [-0.1, -0.05) is 5.16 Å². The fourth-order valence-electron chi connectivity index (χ4n) is 2.52. The predicted octanol–water partition coefficient (Wildman–Crippen LogP) is -0.380. The van der Waals surface area contributed by atoms with Crippen molar-refractivity contribution in [1.82, 2.24) is 15.2 Å². The smallest absolute Gasteiger partial charge is 0.217 e. The van der Waals surface area contributed by atoms with Crippen LogP contribution < -0.4 is 10.0 Å². The first-order valence-electron chi connectivity index (χ1n) is 5.68. The van der Waals surface area contributed by atoms with Gasteiger partial charge in [-0.15, -0.1) is 0 Å². The van der Waals surface area contributed by atoms with Crippen LogP contribution >= 0.6 is 0 Å². The summed E-state index contributed by atoms with van der Waals surface area (Å²) in [5.74, 6) is 1.48. The first kappa shape index (κ1) is 11.2. The summed E-state index contributed by atoms with van der Waals surface area (Å²) in [6.45, 7) is 3.58. The summed E-state index contributed by atoms with van der Waals surface area (Å²) in [5, 5.41) is 6.92. The number of hydrogen-bond donors (Lipinski definition) is 2. The van der Waals surface area contributed by atoms with E-state index in [0.717, 1.165) is 13.1 Å². The Hall–Kier alpha value is -0.920. The molecule has 2 aliphatic rings. The normalized spacial score (nSPS) is 31.5. The number of nitrogens with one attached hydrogen (secondary N) is 2. The largest absolute Gasteiger partial charge is 0.361 e. The summed E-state index contributed by atoms with van der Waals surface area (Å²) in [4.78, 5) is 0. The molecule has 6 nitrogen and oxygen atoms in total. The molecule has 1 saturated carbocycles. The number of rotatable bonds is 4. The van der Waals surface area contributed by atoms with Gasteiger partial charge in [-0.3, -0.25) is 0 Å². The summed E-state index contributed by atoms with van der Waals surface area (Å²) < 4.78 is 31.3. The van der Waals surface area contributed by atoms with E-state index in [0.29, 0.717) is 23.3 Å². The van der Waals surface area contributed by atoms with Crippen LogP contribution in [-0.2, 0) is 15.8 Å². The molecule has 1 aliphatic heterocycles. The lowest BCUT2D eigenvalue weighted by Gasteiger charge is -2.07. The van der Waals surface area contributed by atoms with E-state index in [1.165, 1.54) is 0 Å². The molecule has 2 N–H and O–H groups in total. The van der Waals surface area contributed by atoms with Crippen LogP contribution in [0.4, 0.5) is 0 Å². The van der Waals surface area contributed by atoms with Crippen LogP contribution in [0.3, 0.4) is 0 Å². The molecule has 1 aromatic rings. The van der Waals surface area contributed by atoms with Crippen molar-refractivity contribution in [3.8, 4) is 0 Å². The lowest BCUT2D eigenvalue weighted by molar-refractivity contribution is 0.392. The van der Waals surface area contributed by atoms with E-state index in [2.05, 4.69) is 15.2 Å². The van der Waals surface area contributed by atoms with Gasteiger partial charge in [-0.25, -0.2) is 13.1 Å². The molecule has 94 valence electrons. The highest BCUT2D eigenvalue weighted by Crippen LogP contribution is 2.42. The highest BCUT2D eigenvalue weighted by molar-refractivity contribution is 7.88. The minimum atomic E-state index is -3.30. The molecule has 3 rings (SSSR count). The van der Waals surface area contributed by atoms with E-state index in [4.69, 9.17) is 4.52 Å². The molecule has 2 unspecified atom stereocenters. The fraction of sp³-hybridized carbons (Fsp3) is 0.700. The topological polar surface area (TPSA) is 84.2 Å². The number of aromatic nitrogens is 1. The second kappa shape index (κ2) is 3.79. The third-order valence-corrected chi connectivity index (χ3v) is 4.73. The number of nitrogens with zero attached hydrogens (tertiary/aromatic N) is 1. The first-order valence-corrected chi connectivity index (χ1v) is 7.33. The lowest BCUT2D eigenvalue weighted by atomic mass is 10.4. The second-order valence-electron chi connectivity index (χ2n) is 4.82. The van der Waals surface area contributed by atoms with Crippen molar-refractivity contribution in [3.63, 3.8) is 0 Å². The van der Waals surface area contributed by atoms with Crippen LogP contribution in [0.2, 0.25) is 0 Å². The van der Waals surface area contributed by atoms with Gasteiger partial charge in [0, 0.05) is 12.1 Å². The highest BCUT2D eigenvalue weighted by Gasteiger charge is 2.54. The summed E-state index contributed by atoms with van der Waals surface area (Å²) >= 11 is 0. The third kappa shape index (κ3) is 2.22. The summed E-state index contributed by atoms with van der Waals surface area (Å²) in [7, 11) is -3.30. The van der Waals surface area contributed by atoms with E-state index < -0.39 is 10.0 Å². The Morgan fingerprint density at radius 1 is 1.53 bits per heavy atom. The summed E-state index contributed by atoms with van der Waals surface area (Å²) in [6.07, 6.45) is 0. The molecule has 1 saturated heterocycles. The van der Waals surface area contributed by atoms with Crippen LogP contribution in [0.15, 0.2) is 10.6 Å². The van der Waals surface area contributed by atoms with E-state index >= 15 is 0 Å². The maximum absolute atomic E-state index is 11.9. The standard InChI is InChI=1S/C10H15N3O3S/c1-6-2-7(12-16-6)5-17(14,15)13-10-8-3-11-4-9(8)10/h2,8-11,13H,3-5H2,1H3. The van der Waals surface area contributed by atoms with Gasteiger partial charge in [0.25, 0.3) is 0 Å². The van der Waals surface area contributed by atoms with E-state index in [1.807, 2.05) is 0 Å². The minimum absolute atomic E-state index is 0.103. The van der Waals surface area contributed by atoms with Gasteiger partial charge in [0.15, 0.2) is 0 Å². The van der Waals surface area contributed by atoms with Crippen molar-refractivity contribution in [1.29, 1.82) is 0 Å². The number of hydrogen-bond acceptors (Lipinski definition) is 5. The number of sulfonamides is 1. The van der Waals surface area contributed by atoms with Gasteiger partial charge < -0.3 is 9.84 Å². The molecule has 7 heteroatoms. The van der Waals surface area contributed by atoms with Crippen molar-refractivity contribution in [2.45, 2.75) is 18.7 Å². The van der Waals surface area contributed by atoms with Crippen molar-refractivity contribution in [2.75, 3.05) is 13.1 Å². The van der Waals surface area contributed by atoms with Crippen LogP contribution in [0.1, 0.15) is 11.5 Å². The van der Waals surface area contributed by atoms with Crippen molar-refractivity contribution >= 4 is 10.0 Å². The Morgan fingerprint density at radius 2 is 2.24 bits per heavy atom. The Labute approximate surface area is 99.8 Å². The fourth-order valence-corrected chi connectivity index (χ4v) is 3.90. The molecule has 2 fully saturated rings. The molecular formula is C10H15N3O3S. The van der Waals surface area contributed by atoms with Crippen molar-refractivity contribution < 1.29 is 12.9 Å². The molecule has 17 heavy (non-hydrogen) atoms. The maximum Gasteiger partial charge on any atom is 0.217 e. The van der Waals surface area contributed by atoms with Crippen molar-refractivity contribution in [2.24, 2.45) is 11.8 Å².